The van der Waals surface area contributed by atoms with E-state index in [-0.39, 0.29) is 17.7 Å². The maximum atomic E-state index is 13.7. The van der Waals surface area contributed by atoms with Gasteiger partial charge in [0.25, 0.3) is 5.91 Å². The fraction of sp³-hybridized carbons (Fsp3) is 0.400. The van der Waals surface area contributed by atoms with E-state index in [0.717, 1.165) is 54.1 Å². The summed E-state index contributed by atoms with van der Waals surface area (Å²) in [5, 5.41) is 0. The van der Waals surface area contributed by atoms with Gasteiger partial charge in [0.05, 0.1) is 18.4 Å². The van der Waals surface area contributed by atoms with Gasteiger partial charge in [-0.05, 0) is 67.8 Å². The Kier molecular flexibility index (Phi) is 7.12. The van der Waals surface area contributed by atoms with Gasteiger partial charge in [-0.1, -0.05) is 37.5 Å². The van der Waals surface area contributed by atoms with Crippen molar-refractivity contribution >= 4 is 11.8 Å². The lowest BCUT2D eigenvalue weighted by molar-refractivity contribution is -0.138. The van der Waals surface area contributed by atoms with Crippen molar-refractivity contribution in [3.63, 3.8) is 0 Å². The molecule has 2 fully saturated rings. The number of amides is 2. The van der Waals surface area contributed by atoms with Crippen LogP contribution in [0, 0.1) is 12.8 Å². The number of hydrogen-bond donors (Lipinski definition) is 0. The molecule has 2 aromatic carbocycles. The Morgan fingerprint density at radius 2 is 1.47 bits per heavy atom. The molecule has 0 N–H and O–H groups in total. The van der Waals surface area contributed by atoms with E-state index in [1.165, 1.54) is 6.42 Å². The molecule has 0 bridgehead atoms. The van der Waals surface area contributed by atoms with Crippen molar-refractivity contribution in [1.82, 2.24) is 14.4 Å². The predicted molar refractivity (Wildman–Crippen MR) is 142 cm³/mol. The molecule has 2 amide bonds. The SMILES string of the molecule is COc1ccc(-c2cc(C(=O)N3CCN(C(=O)C4CCCCC4)CC3)c(C)n2-c2ccccc2)cc1. The number of carbonyl (C=O) groups is 2. The molecule has 0 spiro atoms. The first-order valence-corrected chi connectivity index (χ1v) is 13.1. The Bertz CT molecular complexity index is 1200. The predicted octanol–water partition coefficient (Wildman–Crippen LogP) is 5.33. The zero-order valence-electron chi connectivity index (χ0n) is 21.3. The third kappa shape index (κ3) is 4.77. The van der Waals surface area contributed by atoms with Crippen LogP contribution < -0.4 is 4.74 Å². The second kappa shape index (κ2) is 10.6. The number of benzene rings is 2. The molecular weight excluding hydrogens is 450 g/mol. The van der Waals surface area contributed by atoms with Gasteiger partial charge in [-0.3, -0.25) is 9.59 Å². The van der Waals surface area contributed by atoms with Crippen molar-refractivity contribution in [2.45, 2.75) is 39.0 Å². The van der Waals surface area contributed by atoms with Crippen LogP contribution in [0.4, 0.5) is 0 Å². The first-order chi connectivity index (χ1) is 17.6. The van der Waals surface area contributed by atoms with E-state index in [1.54, 1.807) is 7.11 Å². The van der Waals surface area contributed by atoms with Crippen molar-refractivity contribution in [1.29, 1.82) is 0 Å². The van der Waals surface area contributed by atoms with Gasteiger partial charge < -0.3 is 19.1 Å². The molecule has 1 aliphatic heterocycles. The van der Waals surface area contributed by atoms with Gasteiger partial charge in [0, 0.05) is 43.5 Å². The molecule has 1 saturated heterocycles. The van der Waals surface area contributed by atoms with Crippen LogP contribution in [0.3, 0.4) is 0 Å². The average Bonchev–Trinajstić information content (AvgIpc) is 3.30. The number of para-hydroxylation sites is 1. The van der Waals surface area contributed by atoms with Gasteiger partial charge in [-0.2, -0.15) is 0 Å². The molecule has 0 atom stereocenters. The Labute approximate surface area is 213 Å². The Balaban J connectivity index is 1.39. The number of methoxy groups -OCH3 is 1. The van der Waals surface area contributed by atoms with Crippen LogP contribution in [-0.2, 0) is 4.79 Å². The molecule has 3 aromatic rings. The maximum absolute atomic E-state index is 13.7. The number of piperazine rings is 1. The fourth-order valence-corrected chi connectivity index (χ4v) is 5.62. The van der Waals surface area contributed by atoms with Crippen LogP contribution >= 0.6 is 0 Å². The smallest absolute Gasteiger partial charge is 0.255 e. The van der Waals surface area contributed by atoms with Gasteiger partial charge in [-0.25, -0.2) is 0 Å². The quantitative estimate of drug-likeness (QED) is 0.491. The van der Waals surface area contributed by atoms with Crippen LogP contribution in [0.5, 0.6) is 5.75 Å². The van der Waals surface area contributed by atoms with Gasteiger partial charge >= 0.3 is 0 Å². The normalized spacial score (nSPS) is 16.7. The Hall–Kier alpha value is -3.54. The van der Waals surface area contributed by atoms with Gasteiger partial charge in [-0.15, -0.1) is 0 Å². The molecule has 1 aromatic heterocycles. The van der Waals surface area contributed by atoms with Crippen LogP contribution in [0.25, 0.3) is 16.9 Å². The molecule has 36 heavy (non-hydrogen) atoms. The summed E-state index contributed by atoms with van der Waals surface area (Å²) < 4.78 is 7.49. The summed E-state index contributed by atoms with van der Waals surface area (Å²) in [5.74, 6) is 1.29. The molecule has 2 aliphatic rings. The van der Waals surface area contributed by atoms with E-state index in [1.807, 2.05) is 65.3 Å². The minimum absolute atomic E-state index is 0.0294. The fourth-order valence-electron chi connectivity index (χ4n) is 5.62. The van der Waals surface area contributed by atoms with Crippen LogP contribution in [0.1, 0.15) is 48.2 Å². The number of rotatable bonds is 5. The van der Waals surface area contributed by atoms with Crippen molar-refractivity contribution < 1.29 is 14.3 Å². The largest absolute Gasteiger partial charge is 0.497 e. The summed E-state index contributed by atoms with van der Waals surface area (Å²) in [6.07, 6.45) is 5.58. The first-order valence-electron chi connectivity index (χ1n) is 13.1. The highest BCUT2D eigenvalue weighted by atomic mass is 16.5. The van der Waals surface area contributed by atoms with E-state index in [9.17, 15) is 9.59 Å². The lowest BCUT2D eigenvalue weighted by atomic mass is 9.88. The average molecular weight is 486 g/mol. The third-order valence-electron chi connectivity index (χ3n) is 7.71. The first kappa shape index (κ1) is 24.2. The van der Waals surface area contributed by atoms with Crippen molar-refractivity contribution in [2.75, 3.05) is 33.3 Å². The summed E-state index contributed by atoms with van der Waals surface area (Å²) in [6, 6.07) is 20.1. The molecule has 188 valence electrons. The second-order valence-corrected chi connectivity index (χ2v) is 9.88. The summed E-state index contributed by atoms with van der Waals surface area (Å²) >= 11 is 0. The van der Waals surface area contributed by atoms with Crippen LogP contribution in [0.15, 0.2) is 60.7 Å². The molecule has 5 rings (SSSR count). The zero-order chi connectivity index (χ0) is 25.1. The van der Waals surface area contributed by atoms with Gasteiger partial charge in [0.1, 0.15) is 5.75 Å². The second-order valence-electron chi connectivity index (χ2n) is 9.88. The van der Waals surface area contributed by atoms with E-state index < -0.39 is 0 Å². The molecule has 2 heterocycles. The molecule has 1 aliphatic carbocycles. The van der Waals surface area contributed by atoms with Crippen molar-refractivity contribution in [3.05, 3.63) is 71.9 Å². The monoisotopic (exact) mass is 485 g/mol. The van der Waals surface area contributed by atoms with E-state index in [2.05, 4.69) is 16.7 Å². The number of aromatic nitrogens is 1. The standard InChI is InChI=1S/C30H35N3O3/c1-22-27(30(35)32-19-17-31(18-20-32)29(34)24-9-5-3-6-10-24)21-28(23-13-15-26(36-2)16-14-23)33(22)25-11-7-4-8-12-25/h4,7-8,11-16,21,24H,3,5-6,9-10,17-20H2,1-2H3. The van der Waals surface area contributed by atoms with Gasteiger partial charge in [0.2, 0.25) is 5.91 Å². The van der Waals surface area contributed by atoms with E-state index in [4.69, 9.17) is 4.74 Å². The van der Waals surface area contributed by atoms with E-state index >= 15 is 0 Å². The summed E-state index contributed by atoms with van der Waals surface area (Å²) in [5.41, 5.74) is 4.62. The molecule has 1 saturated carbocycles. The summed E-state index contributed by atoms with van der Waals surface area (Å²) in [7, 11) is 1.66. The highest BCUT2D eigenvalue weighted by molar-refractivity contribution is 5.97. The molecule has 6 heteroatoms. The van der Waals surface area contributed by atoms with Crippen LogP contribution in [0.2, 0.25) is 0 Å². The lowest BCUT2D eigenvalue weighted by Gasteiger charge is -2.37. The summed E-state index contributed by atoms with van der Waals surface area (Å²) in [4.78, 5) is 30.6. The highest BCUT2D eigenvalue weighted by Gasteiger charge is 2.31. The highest BCUT2D eigenvalue weighted by Crippen LogP contribution is 2.32. The Morgan fingerprint density at radius 3 is 2.11 bits per heavy atom. The van der Waals surface area contributed by atoms with Crippen LogP contribution in [-0.4, -0.2) is 59.5 Å². The molecule has 0 unspecified atom stereocenters. The molecular formula is C30H35N3O3. The minimum atomic E-state index is 0.0294. The minimum Gasteiger partial charge on any atom is -0.497 e. The topological polar surface area (TPSA) is 54.8 Å². The lowest BCUT2D eigenvalue weighted by Crippen LogP contribution is -2.52. The Morgan fingerprint density at radius 1 is 0.833 bits per heavy atom. The van der Waals surface area contributed by atoms with Crippen molar-refractivity contribution in [3.8, 4) is 22.7 Å². The maximum Gasteiger partial charge on any atom is 0.255 e. The number of hydrogen-bond acceptors (Lipinski definition) is 3. The number of carbonyl (C=O) groups excluding carboxylic acids is 2. The van der Waals surface area contributed by atoms with E-state index in [0.29, 0.717) is 31.7 Å². The zero-order valence-corrected chi connectivity index (χ0v) is 21.3. The third-order valence-corrected chi connectivity index (χ3v) is 7.71. The summed E-state index contributed by atoms with van der Waals surface area (Å²) in [6.45, 7) is 4.39. The van der Waals surface area contributed by atoms with Crippen molar-refractivity contribution in [2.24, 2.45) is 5.92 Å². The van der Waals surface area contributed by atoms with Gasteiger partial charge in [0.15, 0.2) is 0 Å². The molecule has 6 nitrogen and oxygen atoms in total. The molecule has 0 radical (unpaired) electrons. The number of nitrogens with zero attached hydrogens (tertiary/aromatic N) is 3. The number of ether oxygens (including phenoxy) is 1.